The molecule has 0 aromatic heterocycles. The van der Waals surface area contributed by atoms with Crippen molar-refractivity contribution in [2.75, 3.05) is 26.4 Å². The van der Waals surface area contributed by atoms with Gasteiger partial charge in [-0.05, 0) is 109 Å². The summed E-state index contributed by atoms with van der Waals surface area (Å²) in [4.78, 5) is 13.4. The maximum absolute atomic E-state index is 13.4. The van der Waals surface area contributed by atoms with E-state index in [1.165, 1.54) is 32.1 Å². The number of rotatable bonds is 52. The number of hydrogen-bond donors (Lipinski definition) is 12. The third-order valence-corrected chi connectivity index (χ3v) is 16.6. The number of aliphatic hydroxyl groups excluding tert-OH is 11. The van der Waals surface area contributed by atoms with Crippen LogP contribution in [0.1, 0.15) is 194 Å². The van der Waals surface area contributed by atoms with E-state index in [-0.39, 0.29) is 18.9 Å². The summed E-state index contributed by atoms with van der Waals surface area (Å²) >= 11 is 0. The lowest BCUT2D eigenvalue weighted by atomic mass is 9.96. The number of ether oxygens (including phenoxy) is 6. The molecule has 0 aromatic rings. The molecule has 95 heavy (non-hydrogen) atoms. The molecule has 3 rings (SSSR count). The normalized spacial score (nSPS) is 28.1. The van der Waals surface area contributed by atoms with E-state index in [0.717, 1.165) is 128 Å². The third-order valence-electron chi connectivity index (χ3n) is 16.6. The average Bonchev–Trinajstić information content (AvgIpc) is 0.787. The Bertz CT molecular complexity index is 2290. The second-order valence-electron chi connectivity index (χ2n) is 24.6. The van der Waals surface area contributed by atoms with E-state index in [9.17, 15) is 61.0 Å². The highest BCUT2D eigenvalue weighted by Crippen LogP contribution is 2.33. The van der Waals surface area contributed by atoms with Gasteiger partial charge in [-0.25, -0.2) is 0 Å². The van der Waals surface area contributed by atoms with Crippen molar-refractivity contribution in [3.63, 3.8) is 0 Å². The second-order valence-corrected chi connectivity index (χ2v) is 24.6. The van der Waals surface area contributed by atoms with E-state index >= 15 is 0 Å². The standard InChI is InChI=1S/C76H123NO18/c1-3-5-7-9-11-13-15-16-17-18-19-20-21-22-23-24-25-26-27-28-29-30-31-32-33-34-35-36-37-38-39-40-41-42-44-46-48-50-52-54-64(82)77-59(60(81)53-51-49-47-45-43-14-12-10-8-6-4-2)58-90-74-70(88)67(85)72(62(56-79)92-74)95-76-71(89)68(86)73(63(57-80)93-76)94-75-69(87)66(84)65(83)61(55-78)91-75/h5,7,11,13,16-17,19-20,22-23,25-26,28-29,31-32,34-35,37-38,43,45,51,53,59-63,65-76,78-81,83-89H,3-4,6,8-10,12,14-15,18,21,24,27,30,33,36,39-42,44,46-50,52,54-58H2,1-2H3,(H,77,82)/b7-5-,13-11-,17-16-,20-19-,23-22-,26-25-,29-28-,32-31-,35-34-,38-37-,45-43+,53-51+. The molecule has 3 aliphatic rings. The molecule has 19 nitrogen and oxygen atoms in total. The van der Waals surface area contributed by atoms with Gasteiger partial charge in [-0.1, -0.05) is 224 Å². The molecule has 0 aliphatic carbocycles. The fourth-order valence-electron chi connectivity index (χ4n) is 10.9. The summed E-state index contributed by atoms with van der Waals surface area (Å²) < 4.78 is 34.2. The molecule has 0 radical (unpaired) electrons. The Kier molecular flexibility index (Phi) is 49.6. The fraction of sp³-hybridized carbons (Fsp3) is 0.671. The van der Waals surface area contributed by atoms with Crippen LogP contribution >= 0.6 is 0 Å². The number of carbonyl (C=O) groups is 1. The van der Waals surface area contributed by atoms with E-state index in [4.69, 9.17) is 28.4 Å². The smallest absolute Gasteiger partial charge is 0.220 e. The first-order valence-electron chi connectivity index (χ1n) is 35.6. The topological polar surface area (TPSA) is 307 Å². The molecule has 540 valence electrons. The van der Waals surface area contributed by atoms with Crippen molar-refractivity contribution >= 4 is 5.91 Å². The molecule has 12 N–H and O–H groups in total. The Morgan fingerprint density at radius 3 is 1.18 bits per heavy atom. The van der Waals surface area contributed by atoms with E-state index < -0.39 is 124 Å². The number of nitrogens with one attached hydrogen (secondary N) is 1. The zero-order chi connectivity index (χ0) is 68.9. The number of aliphatic hydroxyl groups is 11. The molecule has 3 saturated heterocycles. The van der Waals surface area contributed by atoms with Gasteiger partial charge in [0.15, 0.2) is 18.9 Å². The number of amides is 1. The summed E-state index contributed by atoms with van der Waals surface area (Å²) in [6.45, 7) is 1.52. The number of allylic oxidation sites excluding steroid dienone is 23. The van der Waals surface area contributed by atoms with Gasteiger partial charge >= 0.3 is 0 Å². The van der Waals surface area contributed by atoms with Crippen LogP contribution in [0.3, 0.4) is 0 Å². The predicted molar refractivity (Wildman–Crippen MR) is 373 cm³/mol. The number of hydrogen-bond acceptors (Lipinski definition) is 18. The van der Waals surface area contributed by atoms with Gasteiger partial charge in [0.05, 0.1) is 38.6 Å². The molecule has 17 atom stereocenters. The molecule has 0 saturated carbocycles. The maximum atomic E-state index is 13.4. The van der Waals surface area contributed by atoms with Crippen LogP contribution in [-0.2, 0) is 33.2 Å². The Morgan fingerprint density at radius 2 is 0.737 bits per heavy atom. The van der Waals surface area contributed by atoms with Gasteiger partial charge in [0.25, 0.3) is 0 Å². The van der Waals surface area contributed by atoms with Gasteiger partial charge in [-0.2, -0.15) is 0 Å². The van der Waals surface area contributed by atoms with Crippen LogP contribution in [0.2, 0.25) is 0 Å². The van der Waals surface area contributed by atoms with Gasteiger partial charge in [0.1, 0.15) is 73.2 Å². The summed E-state index contributed by atoms with van der Waals surface area (Å²) in [5.74, 6) is -0.303. The lowest BCUT2D eigenvalue weighted by Crippen LogP contribution is -2.66. The van der Waals surface area contributed by atoms with E-state index in [1.807, 2.05) is 6.08 Å². The molecule has 0 spiro atoms. The second kappa shape index (κ2) is 55.5. The number of unbranched alkanes of at least 4 members (excludes halogenated alkanes) is 14. The first kappa shape index (κ1) is 84.9. The summed E-state index contributed by atoms with van der Waals surface area (Å²) in [6, 6.07) is -1.00. The van der Waals surface area contributed by atoms with Crippen LogP contribution in [-0.4, -0.2) is 193 Å². The minimum atomic E-state index is -1.99. The average molecular weight is 1340 g/mol. The van der Waals surface area contributed by atoms with Crippen LogP contribution < -0.4 is 5.32 Å². The lowest BCUT2D eigenvalue weighted by Gasteiger charge is -2.48. The molecule has 3 fully saturated rings. The zero-order valence-electron chi connectivity index (χ0n) is 57.1. The van der Waals surface area contributed by atoms with Gasteiger partial charge in [0.2, 0.25) is 5.91 Å². The molecular formula is C76H123NO18. The Labute approximate surface area is 568 Å². The van der Waals surface area contributed by atoms with Crippen molar-refractivity contribution in [1.82, 2.24) is 5.32 Å². The maximum Gasteiger partial charge on any atom is 0.220 e. The van der Waals surface area contributed by atoms with Crippen molar-refractivity contribution in [3.05, 3.63) is 146 Å². The molecule has 1 amide bonds. The van der Waals surface area contributed by atoms with Crippen molar-refractivity contribution in [1.29, 1.82) is 0 Å². The molecule has 3 heterocycles. The van der Waals surface area contributed by atoms with Crippen molar-refractivity contribution < 1.29 is 89.4 Å². The van der Waals surface area contributed by atoms with Crippen molar-refractivity contribution in [2.45, 2.75) is 298 Å². The summed E-state index contributed by atoms with van der Waals surface area (Å²) in [7, 11) is 0. The highest BCUT2D eigenvalue weighted by molar-refractivity contribution is 5.76. The van der Waals surface area contributed by atoms with Crippen LogP contribution in [0, 0.1) is 0 Å². The van der Waals surface area contributed by atoms with Gasteiger partial charge in [-0.15, -0.1) is 0 Å². The Balaban J connectivity index is 1.34. The number of carbonyl (C=O) groups excluding carboxylic acids is 1. The predicted octanol–water partition coefficient (Wildman–Crippen LogP) is 9.93. The zero-order valence-corrected chi connectivity index (χ0v) is 57.1. The summed E-state index contributed by atoms with van der Waals surface area (Å²) in [6.07, 6.45) is 52.8. The van der Waals surface area contributed by atoms with Crippen LogP contribution in [0.5, 0.6) is 0 Å². The lowest BCUT2D eigenvalue weighted by molar-refractivity contribution is -0.379. The Hall–Kier alpha value is -4.33. The van der Waals surface area contributed by atoms with E-state index in [1.54, 1.807) is 6.08 Å². The molecule has 17 unspecified atom stereocenters. The molecule has 0 aromatic carbocycles. The SMILES string of the molecule is CC/C=C\C/C=C\C/C=C\C/C=C\C/C=C\C/C=C\C/C=C\C/C=C\C/C=C\C/C=C\CCCCCCCCCCC(=O)NC(COC1OC(CO)C(OC2OC(CO)C(OC3OC(CO)C(O)C(O)C3O)C(O)C2O)C(O)C1O)C(O)/C=C/CC/C=C/CCCCCCC. The molecular weight excluding hydrogens is 1210 g/mol. The molecule has 3 aliphatic heterocycles. The van der Waals surface area contributed by atoms with Crippen LogP contribution in [0.15, 0.2) is 146 Å². The van der Waals surface area contributed by atoms with Crippen LogP contribution in [0.4, 0.5) is 0 Å². The highest BCUT2D eigenvalue weighted by Gasteiger charge is 2.53. The van der Waals surface area contributed by atoms with Gasteiger partial charge < -0.3 is 89.9 Å². The van der Waals surface area contributed by atoms with Crippen LogP contribution in [0.25, 0.3) is 0 Å². The first-order valence-corrected chi connectivity index (χ1v) is 35.6. The van der Waals surface area contributed by atoms with E-state index in [0.29, 0.717) is 12.8 Å². The van der Waals surface area contributed by atoms with Gasteiger partial charge in [0, 0.05) is 6.42 Å². The summed E-state index contributed by atoms with van der Waals surface area (Å²) in [5, 5.41) is 120. The first-order chi connectivity index (χ1) is 46.3. The fourth-order valence-corrected chi connectivity index (χ4v) is 10.9. The molecule has 19 heteroatoms. The monoisotopic (exact) mass is 1340 g/mol. The largest absolute Gasteiger partial charge is 0.394 e. The highest BCUT2D eigenvalue weighted by atomic mass is 16.8. The minimum Gasteiger partial charge on any atom is -0.394 e. The van der Waals surface area contributed by atoms with Crippen molar-refractivity contribution in [3.8, 4) is 0 Å². The minimum absolute atomic E-state index is 0.216. The van der Waals surface area contributed by atoms with E-state index in [2.05, 4.69) is 153 Å². The quantitative estimate of drug-likeness (QED) is 0.0199. The summed E-state index contributed by atoms with van der Waals surface area (Å²) in [5.41, 5.74) is 0. The molecule has 0 bridgehead atoms. The van der Waals surface area contributed by atoms with Crippen molar-refractivity contribution in [2.24, 2.45) is 0 Å². The Morgan fingerprint density at radius 1 is 0.389 bits per heavy atom. The van der Waals surface area contributed by atoms with Gasteiger partial charge in [-0.3, -0.25) is 4.79 Å². The third kappa shape index (κ3) is 36.9.